The number of carboxylic acid groups (broad SMARTS) is 1. The number of hydrogen-bond acceptors (Lipinski definition) is 2. The molecule has 0 aliphatic heterocycles. The molecule has 3 heteroatoms. The van der Waals surface area contributed by atoms with Crippen molar-refractivity contribution < 1.29 is 9.90 Å². The number of carbonyl (C=O) groups is 1. The van der Waals surface area contributed by atoms with Crippen molar-refractivity contribution in [3.63, 3.8) is 0 Å². The number of benzene rings is 3. The third-order valence-electron chi connectivity index (χ3n) is 4.96. The van der Waals surface area contributed by atoms with Crippen LogP contribution in [0.25, 0.3) is 0 Å². The van der Waals surface area contributed by atoms with Gasteiger partial charge >= 0.3 is 5.97 Å². The van der Waals surface area contributed by atoms with Crippen LogP contribution in [0.1, 0.15) is 61.0 Å². The second-order valence-electron chi connectivity index (χ2n) is 7.69. The lowest BCUT2D eigenvalue weighted by atomic mass is 10.0. The summed E-state index contributed by atoms with van der Waals surface area (Å²) in [6.07, 6.45) is 0. The van der Waals surface area contributed by atoms with E-state index in [0.29, 0.717) is 11.8 Å². The highest BCUT2D eigenvalue weighted by Crippen LogP contribution is 2.37. The van der Waals surface area contributed by atoms with Crippen LogP contribution in [0.4, 0.5) is 17.1 Å². The molecular weight excluding hydrogens is 346 g/mol. The van der Waals surface area contributed by atoms with Gasteiger partial charge in [-0.25, -0.2) is 4.79 Å². The first kappa shape index (κ1) is 19.7. The molecule has 0 heterocycles. The maximum absolute atomic E-state index is 11.2. The van der Waals surface area contributed by atoms with Gasteiger partial charge in [0.25, 0.3) is 0 Å². The van der Waals surface area contributed by atoms with Crippen LogP contribution in [0.3, 0.4) is 0 Å². The lowest BCUT2D eigenvalue weighted by Gasteiger charge is -2.27. The average molecular weight is 373 g/mol. The Bertz CT molecular complexity index is 907. The Morgan fingerprint density at radius 2 is 1.18 bits per heavy atom. The van der Waals surface area contributed by atoms with Gasteiger partial charge in [-0.2, -0.15) is 0 Å². The molecule has 0 radical (unpaired) electrons. The molecule has 0 aliphatic carbocycles. The third-order valence-corrected chi connectivity index (χ3v) is 4.96. The van der Waals surface area contributed by atoms with Crippen LogP contribution in [-0.4, -0.2) is 11.1 Å². The molecule has 28 heavy (non-hydrogen) atoms. The van der Waals surface area contributed by atoms with Crippen molar-refractivity contribution in [2.75, 3.05) is 4.90 Å². The fourth-order valence-electron chi connectivity index (χ4n) is 3.25. The second-order valence-corrected chi connectivity index (χ2v) is 7.69. The molecule has 0 spiro atoms. The zero-order chi connectivity index (χ0) is 20.3. The van der Waals surface area contributed by atoms with Gasteiger partial charge in [-0.1, -0.05) is 52.0 Å². The van der Waals surface area contributed by atoms with E-state index < -0.39 is 5.97 Å². The molecule has 0 saturated carbocycles. The number of hydrogen-bond donors (Lipinski definition) is 1. The van der Waals surface area contributed by atoms with Gasteiger partial charge in [0.05, 0.1) is 5.56 Å². The highest BCUT2D eigenvalue weighted by molar-refractivity contribution is 5.88. The van der Waals surface area contributed by atoms with Gasteiger partial charge in [-0.3, -0.25) is 0 Å². The topological polar surface area (TPSA) is 40.5 Å². The summed E-state index contributed by atoms with van der Waals surface area (Å²) >= 11 is 0. The zero-order valence-electron chi connectivity index (χ0n) is 16.9. The number of nitrogens with zero attached hydrogens (tertiary/aromatic N) is 1. The van der Waals surface area contributed by atoms with E-state index in [0.717, 1.165) is 17.1 Å². The van der Waals surface area contributed by atoms with Crippen molar-refractivity contribution in [1.82, 2.24) is 0 Å². The summed E-state index contributed by atoms with van der Waals surface area (Å²) < 4.78 is 0. The smallest absolute Gasteiger partial charge is 0.335 e. The summed E-state index contributed by atoms with van der Waals surface area (Å²) in [6, 6.07) is 24.1. The predicted octanol–water partition coefficient (Wildman–Crippen LogP) is 7.10. The van der Waals surface area contributed by atoms with Crippen molar-refractivity contribution >= 4 is 23.0 Å². The molecule has 0 unspecified atom stereocenters. The lowest BCUT2D eigenvalue weighted by molar-refractivity contribution is 0.0697. The van der Waals surface area contributed by atoms with Crippen LogP contribution in [0.5, 0.6) is 0 Å². The first-order valence-electron chi connectivity index (χ1n) is 9.70. The Hall–Kier alpha value is -3.07. The van der Waals surface area contributed by atoms with Crippen LogP contribution in [0.15, 0.2) is 72.8 Å². The molecule has 3 aromatic carbocycles. The zero-order valence-corrected chi connectivity index (χ0v) is 16.9. The Morgan fingerprint density at radius 3 is 1.57 bits per heavy atom. The van der Waals surface area contributed by atoms with Crippen molar-refractivity contribution in [1.29, 1.82) is 0 Å². The molecule has 0 amide bonds. The highest BCUT2D eigenvalue weighted by atomic mass is 16.4. The predicted molar refractivity (Wildman–Crippen MR) is 116 cm³/mol. The van der Waals surface area contributed by atoms with E-state index in [1.807, 2.05) is 12.1 Å². The third kappa shape index (κ3) is 4.25. The molecule has 3 rings (SSSR count). The Labute approximate surface area is 167 Å². The van der Waals surface area contributed by atoms with Crippen LogP contribution < -0.4 is 4.90 Å². The minimum atomic E-state index is -0.915. The molecule has 0 saturated heterocycles. The van der Waals surface area contributed by atoms with Gasteiger partial charge in [0.2, 0.25) is 0 Å². The van der Waals surface area contributed by atoms with E-state index in [9.17, 15) is 9.90 Å². The van der Waals surface area contributed by atoms with E-state index in [4.69, 9.17) is 0 Å². The minimum absolute atomic E-state index is 0.288. The molecule has 0 atom stereocenters. The molecule has 144 valence electrons. The van der Waals surface area contributed by atoms with Crippen LogP contribution in [0.2, 0.25) is 0 Å². The summed E-state index contributed by atoms with van der Waals surface area (Å²) in [5, 5.41) is 9.23. The van der Waals surface area contributed by atoms with E-state index in [2.05, 4.69) is 81.1 Å². The molecule has 0 aliphatic rings. The summed E-state index contributed by atoms with van der Waals surface area (Å²) in [5.74, 6) is -0.0573. The number of anilines is 3. The largest absolute Gasteiger partial charge is 0.478 e. The van der Waals surface area contributed by atoms with Crippen molar-refractivity contribution in [3.05, 3.63) is 89.5 Å². The quantitative estimate of drug-likeness (QED) is 0.501. The average Bonchev–Trinajstić information content (AvgIpc) is 2.69. The fourth-order valence-corrected chi connectivity index (χ4v) is 3.25. The SMILES string of the molecule is CC(C)c1cccc(N(c2ccc(C(=O)O)cc2)c2cccc(C(C)C)c2)c1. The summed E-state index contributed by atoms with van der Waals surface area (Å²) in [4.78, 5) is 13.4. The van der Waals surface area contributed by atoms with Gasteiger partial charge in [0.15, 0.2) is 0 Å². The van der Waals surface area contributed by atoms with E-state index in [1.54, 1.807) is 12.1 Å². The van der Waals surface area contributed by atoms with Gasteiger partial charge in [0.1, 0.15) is 0 Å². The molecule has 0 bridgehead atoms. The van der Waals surface area contributed by atoms with Gasteiger partial charge in [-0.15, -0.1) is 0 Å². The first-order valence-corrected chi connectivity index (χ1v) is 9.70. The van der Waals surface area contributed by atoms with Crippen molar-refractivity contribution in [3.8, 4) is 0 Å². The maximum atomic E-state index is 11.2. The van der Waals surface area contributed by atoms with Crippen LogP contribution in [-0.2, 0) is 0 Å². The van der Waals surface area contributed by atoms with E-state index in [-0.39, 0.29) is 5.56 Å². The summed E-state index contributed by atoms with van der Waals surface area (Å²) in [6.45, 7) is 8.74. The normalized spacial score (nSPS) is 11.1. The number of aromatic carboxylic acids is 1. The molecule has 3 nitrogen and oxygen atoms in total. The Morgan fingerprint density at radius 1 is 0.714 bits per heavy atom. The number of rotatable bonds is 6. The van der Waals surface area contributed by atoms with Crippen LogP contribution >= 0.6 is 0 Å². The van der Waals surface area contributed by atoms with E-state index in [1.165, 1.54) is 11.1 Å². The second kappa shape index (κ2) is 8.30. The van der Waals surface area contributed by atoms with Crippen LogP contribution in [0, 0.1) is 0 Å². The monoisotopic (exact) mass is 373 g/mol. The number of carboxylic acids is 1. The summed E-state index contributed by atoms with van der Waals surface area (Å²) in [5.41, 5.74) is 5.89. The molecule has 3 aromatic rings. The Kier molecular flexibility index (Phi) is 5.84. The van der Waals surface area contributed by atoms with Gasteiger partial charge in [-0.05, 0) is 71.5 Å². The Balaban J connectivity index is 2.15. The van der Waals surface area contributed by atoms with Gasteiger partial charge < -0.3 is 10.0 Å². The van der Waals surface area contributed by atoms with E-state index >= 15 is 0 Å². The molecular formula is C25H27NO2. The van der Waals surface area contributed by atoms with Gasteiger partial charge in [0, 0.05) is 17.1 Å². The minimum Gasteiger partial charge on any atom is -0.478 e. The lowest BCUT2D eigenvalue weighted by Crippen LogP contribution is -2.11. The standard InChI is InChI=1S/C25H27NO2/c1-17(2)20-7-5-9-23(15-20)26(22-13-11-19(12-14-22)25(27)28)24-10-6-8-21(16-24)18(3)4/h5-18H,1-4H3,(H,27,28). The molecule has 1 N–H and O–H groups in total. The van der Waals surface area contributed by atoms with Crippen molar-refractivity contribution in [2.45, 2.75) is 39.5 Å². The highest BCUT2D eigenvalue weighted by Gasteiger charge is 2.15. The molecule has 0 aromatic heterocycles. The first-order chi connectivity index (χ1) is 13.4. The fraction of sp³-hybridized carbons (Fsp3) is 0.240. The van der Waals surface area contributed by atoms with Crippen molar-refractivity contribution in [2.24, 2.45) is 0 Å². The summed E-state index contributed by atoms with van der Waals surface area (Å²) in [7, 11) is 0. The molecule has 0 fully saturated rings. The maximum Gasteiger partial charge on any atom is 0.335 e.